The first-order valence-corrected chi connectivity index (χ1v) is 7.52. The summed E-state index contributed by atoms with van der Waals surface area (Å²) >= 11 is 0. The summed E-state index contributed by atoms with van der Waals surface area (Å²) in [6.45, 7) is 0. The Morgan fingerprint density at radius 3 is 2.48 bits per heavy atom. The van der Waals surface area contributed by atoms with Crippen LogP contribution in [-0.4, -0.2) is 42.3 Å². The van der Waals surface area contributed by atoms with Gasteiger partial charge in [-0.15, -0.1) is 15.0 Å². The topological polar surface area (TPSA) is 91.5 Å². The monoisotopic (exact) mass is 331 g/mol. The summed E-state index contributed by atoms with van der Waals surface area (Å²) in [7, 11) is 1.60. The maximum Gasteiger partial charge on any atom is 0.223 e. The molecule has 0 amide bonds. The van der Waals surface area contributed by atoms with Crippen molar-refractivity contribution >= 4 is 0 Å². The fourth-order valence-corrected chi connectivity index (χ4v) is 2.35. The zero-order chi connectivity index (χ0) is 17.1. The van der Waals surface area contributed by atoms with Crippen molar-refractivity contribution in [3.8, 4) is 34.3 Å². The van der Waals surface area contributed by atoms with Crippen LogP contribution in [0.2, 0.25) is 0 Å². The molecule has 0 aliphatic heterocycles. The van der Waals surface area contributed by atoms with Crippen molar-refractivity contribution in [2.75, 3.05) is 7.11 Å². The van der Waals surface area contributed by atoms with Crippen molar-refractivity contribution in [3.63, 3.8) is 0 Å². The molecule has 0 fully saturated rings. The van der Waals surface area contributed by atoms with Crippen molar-refractivity contribution in [3.05, 3.63) is 61.1 Å². The Hall–Kier alpha value is -3.68. The number of hydrogen-bond acceptors (Lipinski definition) is 7. The summed E-state index contributed by atoms with van der Waals surface area (Å²) in [5.41, 5.74) is 2.16. The van der Waals surface area contributed by atoms with Crippen LogP contribution in [0.1, 0.15) is 0 Å². The van der Waals surface area contributed by atoms with Crippen LogP contribution in [0.4, 0.5) is 0 Å². The average molecular weight is 331 g/mol. The summed E-state index contributed by atoms with van der Waals surface area (Å²) in [5.74, 6) is 1.67. The van der Waals surface area contributed by atoms with Crippen LogP contribution in [-0.2, 0) is 0 Å². The summed E-state index contributed by atoms with van der Waals surface area (Å²) in [6, 6.07) is 12.9. The lowest BCUT2D eigenvalue weighted by Gasteiger charge is -2.08. The molecule has 0 bridgehead atoms. The molecule has 0 spiro atoms. The SMILES string of the molecule is COc1cc(-n2nnc(-c3ccccn3)n2)ccc1-c1ncccn1. The first kappa shape index (κ1) is 14.9. The second kappa shape index (κ2) is 6.44. The van der Waals surface area contributed by atoms with Crippen molar-refractivity contribution in [1.82, 2.24) is 35.2 Å². The van der Waals surface area contributed by atoms with E-state index >= 15 is 0 Å². The summed E-state index contributed by atoms with van der Waals surface area (Å²) in [6.07, 6.45) is 5.06. The molecule has 1 aromatic carbocycles. The van der Waals surface area contributed by atoms with Gasteiger partial charge in [-0.2, -0.15) is 0 Å². The van der Waals surface area contributed by atoms with E-state index in [2.05, 4.69) is 30.4 Å². The normalized spacial score (nSPS) is 10.6. The standard InChI is InChI=1S/C17H13N7O/c1-25-15-11-12(6-7-13(15)16-19-9-4-10-20-16)24-22-17(21-23-24)14-5-2-3-8-18-14/h2-11H,1H3. The van der Waals surface area contributed by atoms with Crippen LogP contribution in [0.25, 0.3) is 28.6 Å². The first-order valence-electron chi connectivity index (χ1n) is 7.52. The van der Waals surface area contributed by atoms with E-state index in [4.69, 9.17) is 4.74 Å². The fraction of sp³-hybridized carbons (Fsp3) is 0.0588. The number of ether oxygens (including phenoxy) is 1. The number of aromatic nitrogens is 7. The van der Waals surface area contributed by atoms with Gasteiger partial charge in [0.15, 0.2) is 5.82 Å². The zero-order valence-electron chi connectivity index (χ0n) is 13.3. The van der Waals surface area contributed by atoms with E-state index in [1.54, 1.807) is 31.8 Å². The molecule has 8 heteroatoms. The Morgan fingerprint density at radius 1 is 0.880 bits per heavy atom. The molecule has 0 atom stereocenters. The zero-order valence-corrected chi connectivity index (χ0v) is 13.3. The molecule has 0 N–H and O–H groups in total. The maximum absolute atomic E-state index is 5.47. The van der Waals surface area contributed by atoms with Crippen molar-refractivity contribution in [2.45, 2.75) is 0 Å². The smallest absolute Gasteiger partial charge is 0.223 e. The van der Waals surface area contributed by atoms with Gasteiger partial charge >= 0.3 is 0 Å². The van der Waals surface area contributed by atoms with Crippen LogP contribution in [0, 0.1) is 0 Å². The molecule has 122 valence electrons. The molecule has 3 heterocycles. The second-order valence-electron chi connectivity index (χ2n) is 5.07. The number of methoxy groups -OCH3 is 1. The Morgan fingerprint density at radius 2 is 1.72 bits per heavy atom. The molecular formula is C17H13N7O. The van der Waals surface area contributed by atoms with E-state index in [0.717, 1.165) is 5.56 Å². The van der Waals surface area contributed by atoms with Crippen LogP contribution in [0.3, 0.4) is 0 Å². The van der Waals surface area contributed by atoms with Gasteiger partial charge in [-0.05, 0) is 35.5 Å². The van der Waals surface area contributed by atoms with Gasteiger partial charge in [0.05, 0.1) is 18.4 Å². The number of hydrogen-bond donors (Lipinski definition) is 0. The molecule has 4 aromatic rings. The third-order valence-corrected chi connectivity index (χ3v) is 3.53. The molecule has 3 aromatic heterocycles. The number of nitrogens with zero attached hydrogens (tertiary/aromatic N) is 7. The molecule has 0 saturated carbocycles. The van der Waals surface area contributed by atoms with Gasteiger partial charge in [-0.1, -0.05) is 6.07 Å². The minimum Gasteiger partial charge on any atom is -0.496 e. The number of tetrazole rings is 1. The quantitative estimate of drug-likeness (QED) is 0.566. The van der Waals surface area contributed by atoms with E-state index in [-0.39, 0.29) is 0 Å². The van der Waals surface area contributed by atoms with Gasteiger partial charge in [0, 0.05) is 24.7 Å². The highest BCUT2D eigenvalue weighted by atomic mass is 16.5. The lowest BCUT2D eigenvalue weighted by Crippen LogP contribution is -2.01. The molecule has 0 saturated heterocycles. The van der Waals surface area contributed by atoms with Gasteiger partial charge in [-0.25, -0.2) is 9.97 Å². The van der Waals surface area contributed by atoms with Gasteiger partial charge in [0.25, 0.3) is 0 Å². The Kier molecular flexibility index (Phi) is 3.83. The first-order chi connectivity index (χ1) is 12.3. The predicted octanol–water partition coefficient (Wildman–Crippen LogP) is 2.19. The lowest BCUT2D eigenvalue weighted by molar-refractivity contribution is 0.415. The largest absolute Gasteiger partial charge is 0.496 e. The van der Waals surface area contributed by atoms with Crippen molar-refractivity contribution < 1.29 is 4.74 Å². The molecule has 0 radical (unpaired) electrons. The third kappa shape index (κ3) is 2.92. The maximum atomic E-state index is 5.47. The Labute approximate surface area is 143 Å². The molecule has 8 nitrogen and oxygen atoms in total. The number of pyridine rings is 1. The molecule has 0 aliphatic rings. The van der Waals surface area contributed by atoms with Gasteiger partial charge in [-0.3, -0.25) is 4.98 Å². The lowest BCUT2D eigenvalue weighted by atomic mass is 10.1. The number of benzene rings is 1. The minimum atomic E-state index is 0.454. The van der Waals surface area contributed by atoms with E-state index < -0.39 is 0 Å². The Bertz CT molecular complexity index is 986. The van der Waals surface area contributed by atoms with E-state index in [1.165, 1.54) is 4.80 Å². The minimum absolute atomic E-state index is 0.454. The van der Waals surface area contributed by atoms with Gasteiger partial charge in [0.1, 0.15) is 11.4 Å². The molecule has 25 heavy (non-hydrogen) atoms. The van der Waals surface area contributed by atoms with Crippen LogP contribution in [0.5, 0.6) is 5.75 Å². The van der Waals surface area contributed by atoms with E-state index in [0.29, 0.717) is 28.8 Å². The summed E-state index contributed by atoms with van der Waals surface area (Å²) in [4.78, 5) is 14.2. The van der Waals surface area contributed by atoms with Crippen molar-refractivity contribution in [1.29, 1.82) is 0 Å². The van der Waals surface area contributed by atoms with Crippen molar-refractivity contribution in [2.24, 2.45) is 0 Å². The van der Waals surface area contributed by atoms with Gasteiger partial charge < -0.3 is 4.74 Å². The highest BCUT2D eigenvalue weighted by Crippen LogP contribution is 2.29. The van der Waals surface area contributed by atoms with Crippen LogP contribution in [0.15, 0.2) is 61.1 Å². The third-order valence-electron chi connectivity index (χ3n) is 3.53. The highest BCUT2D eigenvalue weighted by molar-refractivity contribution is 5.66. The van der Waals surface area contributed by atoms with E-state index in [1.807, 2.05) is 36.4 Å². The summed E-state index contributed by atoms with van der Waals surface area (Å²) < 4.78 is 5.47. The molecule has 4 rings (SSSR count). The molecule has 0 aliphatic carbocycles. The predicted molar refractivity (Wildman–Crippen MR) is 90.0 cm³/mol. The highest BCUT2D eigenvalue weighted by Gasteiger charge is 2.13. The van der Waals surface area contributed by atoms with Gasteiger partial charge in [0.2, 0.25) is 5.82 Å². The second-order valence-corrected chi connectivity index (χ2v) is 5.07. The van der Waals surface area contributed by atoms with Crippen LogP contribution >= 0.6 is 0 Å². The summed E-state index contributed by atoms with van der Waals surface area (Å²) in [5, 5.41) is 12.5. The van der Waals surface area contributed by atoms with Crippen LogP contribution < -0.4 is 4.74 Å². The number of rotatable bonds is 4. The molecular weight excluding hydrogens is 318 g/mol. The Balaban J connectivity index is 1.71. The fourth-order valence-electron chi connectivity index (χ4n) is 2.35. The van der Waals surface area contributed by atoms with E-state index in [9.17, 15) is 0 Å². The average Bonchev–Trinajstić information content (AvgIpc) is 3.19. The molecule has 0 unspecified atom stereocenters.